The van der Waals surface area contributed by atoms with Crippen molar-refractivity contribution in [3.63, 3.8) is 0 Å². The molecule has 2 aromatic carbocycles. The maximum absolute atomic E-state index is 8.76. The van der Waals surface area contributed by atoms with Gasteiger partial charge in [0.2, 0.25) is 0 Å². The Hall–Kier alpha value is -1.72. The van der Waals surface area contributed by atoms with E-state index in [0.29, 0.717) is 22.1 Å². The molecule has 0 saturated heterocycles. The number of amidine groups is 1. The zero-order valence-electron chi connectivity index (χ0n) is 9.68. The summed E-state index contributed by atoms with van der Waals surface area (Å²) in [6.45, 7) is 0. The molecule has 0 aliphatic heterocycles. The molecule has 3 N–H and O–H groups in total. The molecule has 19 heavy (non-hydrogen) atoms. The van der Waals surface area contributed by atoms with Gasteiger partial charge in [-0.25, -0.2) is 0 Å². The Kier molecular flexibility index (Phi) is 4.29. The second-order valence-electron chi connectivity index (χ2n) is 3.68. The Morgan fingerprint density at radius 1 is 1.21 bits per heavy atom. The number of hydrogen-bond acceptors (Lipinski definition) is 3. The van der Waals surface area contributed by atoms with Crippen LogP contribution in [0.1, 0.15) is 5.56 Å². The fourth-order valence-electron chi connectivity index (χ4n) is 1.47. The lowest BCUT2D eigenvalue weighted by atomic mass is 10.2. The molecule has 98 valence electrons. The van der Waals surface area contributed by atoms with Crippen molar-refractivity contribution in [2.24, 2.45) is 10.9 Å². The summed E-state index contributed by atoms with van der Waals surface area (Å²) in [6, 6.07) is 12.2. The summed E-state index contributed by atoms with van der Waals surface area (Å²) in [5, 5.41) is 12.2. The molecule has 2 aromatic rings. The maximum atomic E-state index is 8.76. The molecule has 0 atom stereocenters. The van der Waals surface area contributed by atoms with Crippen LogP contribution in [0, 0.1) is 0 Å². The van der Waals surface area contributed by atoms with Crippen LogP contribution in [0.15, 0.2) is 52.1 Å². The quantitative estimate of drug-likeness (QED) is 0.384. The molecule has 0 amide bonds. The van der Waals surface area contributed by atoms with Gasteiger partial charge in [-0.2, -0.15) is 0 Å². The lowest BCUT2D eigenvalue weighted by molar-refractivity contribution is 0.318. The number of halogens is 2. The highest BCUT2D eigenvalue weighted by Crippen LogP contribution is 2.28. The van der Waals surface area contributed by atoms with Crippen molar-refractivity contribution in [3.8, 4) is 11.5 Å². The van der Waals surface area contributed by atoms with Crippen LogP contribution in [-0.4, -0.2) is 11.0 Å². The topological polar surface area (TPSA) is 67.8 Å². The predicted octanol–water partition coefficient (Wildman–Crippen LogP) is 3.99. The SMILES string of the molecule is NC(=NO)c1cc(Cl)ccc1Oc1ccc(Br)cc1. The van der Waals surface area contributed by atoms with Crippen molar-refractivity contribution in [2.45, 2.75) is 0 Å². The van der Waals surface area contributed by atoms with Gasteiger partial charge in [0.05, 0.1) is 5.56 Å². The molecule has 0 aromatic heterocycles. The van der Waals surface area contributed by atoms with Gasteiger partial charge < -0.3 is 15.7 Å². The Bertz CT molecular complexity index is 615. The second kappa shape index (κ2) is 5.95. The van der Waals surface area contributed by atoms with Gasteiger partial charge in [-0.15, -0.1) is 0 Å². The summed E-state index contributed by atoms with van der Waals surface area (Å²) in [5.74, 6) is 1.04. The van der Waals surface area contributed by atoms with Gasteiger partial charge in [0, 0.05) is 9.50 Å². The van der Waals surface area contributed by atoms with Gasteiger partial charge in [-0.05, 0) is 42.5 Å². The summed E-state index contributed by atoms with van der Waals surface area (Å²) in [4.78, 5) is 0. The monoisotopic (exact) mass is 340 g/mol. The maximum Gasteiger partial charge on any atom is 0.173 e. The number of rotatable bonds is 3. The molecule has 2 rings (SSSR count). The fraction of sp³-hybridized carbons (Fsp3) is 0. The fourth-order valence-corrected chi connectivity index (χ4v) is 1.91. The van der Waals surface area contributed by atoms with Gasteiger partial charge in [-0.3, -0.25) is 0 Å². The Balaban J connectivity index is 2.37. The van der Waals surface area contributed by atoms with Crippen LogP contribution in [0.4, 0.5) is 0 Å². The van der Waals surface area contributed by atoms with Gasteiger partial charge in [-0.1, -0.05) is 32.7 Å². The van der Waals surface area contributed by atoms with Crippen LogP contribution >= 0.6 is 27.5 Å². The molecule has 0 heterocycles. The van der Waals surface area contributed by atoms with Gasteiger partial charge in [0.1, 0.15) is 11.5 Å². The number of benzene rings is 2. The van der Waals surface area contributed by atoms with E-state index in [9.17, 15) is 0 Å². The minimum Gasteiger partial charge on any atom is -0.457 e. The van der Waals surface area contributed by atoms with Crippen molar-refractivity contribution in [3.05, 3.63) is 57.5 Å². The standard InChI is InChI=1S/C13H10BrClN2O2/c14-8-1-4-10(5-2-8)19-12-6-3-9(15)7-11(12)13(16)17-18/h1-7,18H,(H2,16,17). The summed E-state index contributed by atoms with van der Waals surface area (Å²) in [6.07, 6.45) is 0. The summed E-state index contributed by atoms with van der Waals surface area (Å²) in [7, 11) is 0. The molecule has 4 nitrogen and oxygen atoms in total. The van der Waals surface area contributed by atoms with E-state index in [1.54, 1.807) is 30.3 Å². The zero-order valence-corrected chi connectivity index (χ0v) is 12.0. The average Bonchev–Trinajstić information content (AvgIpc) is 2.42. The van der Waals surface area contributed by atoms with E-state index in [1.165, 1.54) is 0 Å². The molecule has 6 heteroatoms. The molecule has 0 spiro atoms. The van der Waals surface area contributed by atoms with Crippen LogP contribution in [0.2, 0.25) is 5.02 Å². The first kappa shape index (κ1) is 13.7. The third-order valence-corrected chi connectivity index (χ3v) is 3.13. The summed E-state index contributed by atoms with van der Waals surface area (Å²) in [5.41, 5.74) is 6.02. The smallest absolute Gasteiger partial charge is 0.173 e. The average molecular weight is 342 g/mol. The van der Waals surface area contributed by atoms with Crippen LogP contribution in [0.3, 0.4) is 0 Å². The molecule has 0 aliphatic carbocycles. The third kappa shape index (κ3) is 3.39. The summed E-state index contributed by atoms with van der Waals surface area (Å²) < 4.78 is 6.64. The van der Waals surface area contributed by atoms with Gasteiger partial charge >= 0.3 is 0 Å². The first-order chi connectivity index (χ1) is 9.10. The largest absolute Gasteiger partial charge is 0.457 e. The van der Waals surface area contributed by atoms with E-state index in [1.807, 2.05) is 12.1 Å². The van der Waals surface area contributed by atoms with Crippen molar-refractivity contribution < 1.29 is 9.94 Å². The first-order valence-electron chi connectivity index (χ1n) is 5.31. The highest BCUT2D eigenvalue weighted by molar-refractivity contribution is 9.10. The van der Waals surface area contributed by atoms with Crippen LogP contribution in [0.5, 0.6) is 11.5 Å². The van der Waals surface area contributed by atoms with Crippen molar-refractivity contribution in [2.75, 3.05) is 0 Å². The lowest BCUT2D eigenvalue weighted by Crippen LogP contribution is -2.14. The number of nitrogens with zero attached hydrogens (tertiary/aromatic N) is 1. The molecule has 0 aliphatic rings. The van der Waals surface area contributed by atoms with E-state index in [-0.39, 0.29) is 5.84 Å². The van der Waals surface area contributed by atoms with Crippen molar-refractivity contribution in [1.29, 1.82) is 0 Å². The third-order valence-electron chi connectivity index (χ3n) is 2.37. The predicted molar refractivity (Wildman–Crippen MR) is 78.2 cm³/mol. The molecular formula is C13H10BrClN2O2. The Labute approximate surface area is 123 Å². The molecule has 0 saturated carbocycles. The van der Waals surface area contributed by atoms with E-state index in [0.717, 1.165) is 4.47 Å². The highest BCUT2D eigenvalue weighted by Gasteiger charge is 2.10. The van der Waals surface area contributed by atoms with E-state index < -0.39 is 0 Å². The summed E-state index contributed by atoms with van der Waals surface area (Å²) >= 11 is 9.23. The van der Waals surface area contributed by atoms with Crippen LogP contribution in [0.25, 0.3) is 0 Å². The molecular weight excluding hydrogens is 332 g/mol. The van der Waals surface area contributed by atoms with E-state index in [2.05, 4.69) is 21.1 Å². The van der Waals surface area contributed by atoms with Gasteiger partial charge in [0.25, 0.3) is 0 Å². The van der Waals surface area contributed by atoms with Crippen LogP contribution in [-0.2, 0) is 0 Å². The molecule has 0 bridgehead atoms. The Morgan fingerprint density at radius 2 is 1.89 bits per heavy atom. The number of hydrogen-bond donors (Lipinski definition) is 2. The minimum absolute atomic E-state index is 0.0605. The molecule has 0 fully saturated rings. The minimum atomic E-state index is -0.0605. The zero-order chi connectivity index (χ0) is 13.8. The van der Waals surface area contributed by atoms with Crippen molar-refractivity contribution in [1.82, 2.24) is 0 Å². The van der Waals surface area contributed by atoms with Crippen LogP contribution < -0.4 is 10.5 Å². The lowest BCUT2D eigenvalue weighted by Gasteiger charge is -2.10. The van der Waals surface area contributed by atoms with E-state index >= 15 is 0 Å². The normalized spacial score (nSPS) is 11.4. The highest BCUT2D eigenvalue weighted by atomic mass is 79.9. The number of oxime groups is 1. The Morgan fingerprint density at radius 3 is 2.53 bits per heavy atom. The first-order valence-corrected chi connectivity index (χ1v) is 6.48. The van der Waals surface area contributed by atoms with Crippen molar-refractivity contribution >= 4 is 33.4 Å². The van der Waals surface area contributed by atoms with E-state index in [4.69, 9.17) is 27.3 Å². The van der Waals surface area contributed by atoms with Gasteiger partial charge in [0.15, 0.2) is 5.84 Å². The second-order valence-corrected chi connectivity index (χ2v) is 5.03. The molecule has 0 radical (unpaired) electrons. The molecule has 0 unspecified atom stereocenters. The number of nitrogens with two attached hydrogens (primary N) is 1. The number of ether oxygens (including phenoxy) is 1.